The average Bonchev–Trinajstić information content (AvgIpc) is 2.35. The number of amides is 1. The molecule has 1 aromatic rings. The zero-order valence-electron chi connectivity index (χ0n) is 11.6. The van der Waals surface area contributed by atoms with Gasteiger partial charge in [0.1, 0.15) is 0 Å². The summed E-state index contributed by atoms with van der Waals surface area (Å²) in [5.74, 6) is 0.689. The van der Waals surface area contributed by atoms with Crippen LogP contribution in [0.3, 0.4) is 0 Å². The Morgan fingerprint density at radius 3 is 2.72 bits per heavy atom. The molecule has 0 heterocycles. The Kier molecular flexibility index (Phi) is 5.86. The quantitative estimate of drug-likeness (QED) is 0.841. The molecule has 0 saturated heterocycles. The summed E-state index contributed by atoms with van der Waals surface area (Å²) in [5, 5.41) is 0. The Labute approximate surface area is 110 Å². The van der Waals surface area contributed by atoms with Crippen LogP contribution in [0, 0.1) is 12.8 Å². The maximum atomic E-state index is 12.1. The highest BCUT2D eigenvalue weighted by atomic mass is 16.2. The van der Waals surface area contributed by atoms with E-state index in [2.05, 4.69) is 6.92 Å². The van der Waals surface area contributed by atoms with Crippen LogP contribution in [-0.2, 0) is 4.79 Å². The van der Waals surface area contributed by atoms with Crippen LogP contribution < -0.4 is 10.6 Å². The lowest BCUT2D eigenvalue weighted by molar-refractivity contribution is -0.118. The van der Waals surface area contributed by atoms with Crippen LogP contribution in [0.15, 0.2) is 24.3 Å². The van der Waals surface area contributed by atoms with E-state index in [1.807, 2.05) is 38.2 Å². The summed E-state index contributed by atoms with van der Waals surface area (Å²) in [6.07, 6.45) is 2.49. The molecule has 2 N–H and O–H groups in total. The number of nitrogens with two attached hydrogens (primary N) is 1. The third kappa shape index (κ3) is 4.49. The molecule has 3 nitrogen and oxygen atoms in total. The molecule has 0 saturated carbocycles. The minimum atomic E-state index is 0.171. The van der Waals surface area contributed by atoms with Crippen LogP contribution in [0.4, 0.5) is 5.69 Å². The van der Waals surface area contributed by atoms with Gasteiger partial charge in [0.25, 0.3) is 0 Å². The first-order valence-electron chi connectivity index (χ1n) is 6.58. The lowest BCUT2D eigenvalue weighted by atomic mass is 10.0. The van der Waals surface area contributed by atoms with Crippen molar-refractivity contribution in [3.63, 3.8) is 0 Å². The molecule has 0 bridgehead atoms. The van der Waals surface area contributed by atoms with E-state index in [1.165, 1.54) is 5.56 Å². The number of hydrogen-bond donors (Lipinski definition) is 1. The normalized spacial score (nSPS) is 12.2. The van der Waals surface area contributed by atoms with E-state index in [0.717, 1.165) is 18.5 Å². The fraction of sp³-hybridized carbons (Fsp3) is 0.533. The smallest absolute Gasteiger partial charge is 0.226 e. The second-order valence-electron chi connectivity index (χ2n) is 5.01. The zero-order valence-corrected chi connectivity index (χ0v) is 11.6. The second kappa shape index (κ2) is 7.17. The van der Waals surface area contributed by atoms with Gasteiger partial charge in [0, 0.05) is 19.2 Å². The predicted octanol–water partition coefficient (Wildman–Crippen LogP) is 2.72. The van der Waals surface area contributed by atoms with Crippen molar-refractivity contribution in [1.29, 1.82) is 0 Å². The van der Waals surface area contributed by atoms with E-state index < -0.39 is 0 Å². The standard InChI is InChI=1S/C15H24N2O/c1-12(9-10-16)7-8-15(18)17(3)14-6-4-5-13(2)11-14/h4-6,11-12H,7-10,16H2,1-3H3. The SMILES string of the molecule is Cc1cccc(N(C)C(=O)CCC(C)CCN)c1. The highest BCUT2D eigenvalue weighted by Gasteiger charge is 2.12. The van der Waals surface area contributed by atoms with Crippen LogP contribution in [0.25, 0.3) is 0 Å². The molecule has 3 heteroatoms. The van der Waals surface area contributed by atoms with Crippen LogP contribution in [-0.4, -0.2) is 19.5 Å². The molecule has 18 heavy (non-hydrogen) atoms. The van der Waals surface area contributed by atoms with Crippen molar-refractivity contribution >= 4 is 11.6 Å². The third-order valence-corrected chi connectivity index (χ3v) is 3.27. The largest absolute Gasteiger partial charge is 0.330 e. The Morgan fingerprint density at radius 1 is 1.39 bits per heavy atom. The summed E-state index contributed by atoms with van der Waals surface area (Å²) in [6, 6.07) is 8.01. The molecule has 0 spiro atoms. The van der Waals surface area contributed by atoms with Gasteiger partial charge in [0.15, 0.2) is 0 Å². The number of benzene rings is 1. The number of hydrogen-bond acceptors (Lipinski definition) is 2. The van der Waals surface area contributed by atoms with Crippen molar-refractivity contribution in [2.45, 2.75) is 33.1 Å². The van der Waals surface area contributed by atoms with E-state index in [-0.39, 0.29) is 5.91 Å². The molecule has 1 aromatic carbocycles. The predicted molar refractivity (Wildman–Crippen MR) is 76.7 cm³/mol. The summed E-state index contributed by atoms with van der Waals surface area (Å²) in [6.45, 7) is 4.88. The Morgan fingerprint density at radius 2 is 2.11 bits per heavy atom. The van der Waals surface area contributed by atoms with Gasteiger partial charge in [0.2, 0.25) is 5.91 Å². The van der Waals surface area contributed by atoms with Gasteiger partial charge in [-0.15, -0.1) is 0 Å². The summed E-state index contributed by atoms with van der Waals surface area (Å²) in [4.78, 5) is 13.8. The summed E-state index contributed by atoms with van der Waals surface area (Å²) >= 11 is 0. The third-order valence-electron chi connectivity index (χ3n) is 3.27. The summed E-state index contributed by atoms with van der Waals surface area (Å²) in [5.41, 5.74) is 7.64. The monoisotopic (exact) mass is 248 g/mol. The van der Waals surface area contributed by atoms with Gasteiger partial charge < -0.3 is 10.6 Å². The molecule has 0 radical (unpaired) electrons. The lowest BCUT2D eigenvalue weighted by Crippen LogP contribution is -2.26. The van der Waals surface area contributed by atoms with Gasteiger partial charge in [-0.3, -0.25) is 4.79 Å². The Bertz CT molecular complexity index is 390. The molecule has 0 aliphatic rings. The minimum absolute atomic E-state index is 0.171. The first-order valence-corrected chi connectivity index (χ1v) is 6.58. The van der Waals surface area contributed by atoms with Crippen LogP contribution in [0.1, 0.15) is 31.7 Å². The average molecular weight is 248 g/mol. The van der Waals surface area contributed by atoms with Crippen molar-refractivity contribution in [3.8, 4) is 0 Å². The highest BCUT2D eigenvalue weighted by molar-refractivity contribution is 5.92. The minimum Gasteiger partial charge on any atom is -0.330 e. The van der Waals surface area contributed by atoms with Crippen LogP contribution in [0.2, 0.25) is 0 Å². The molecule has 0 aromatic heterocycles. The highest BCUT2D eigenvalue weighted by Crippen LogP contribution is 2.17. The Balaban J connectivity index is 2.51. The maximum absolute atomic E-state index is 12.1. The van der Waals surface area contributed by atoms with Gasteiger partial charge in [-0.05, 0) is 49.9 Å². The first-order chi connectivity index (χ1) is 8.54. The van der Waals surface area contributed by atoms with Gasteiger partial charge >= 0.3 is 0 Å². The molecule has 0 aliphatic heterocycles. The maximum Gasteiger partial charge on any atom is 0.226 e. The molecule has 1 amide bonds. The van der Waals surface area contributed by atoms with Crippen LogP contribution in [0.5, 0.6) is 0 Å². The zero-order chi connectivity index (χ0) is 13.5. The summed E-state index contributed by atoms with van der Waals surface area (Å²) < 4.78 is 0. The van der Waals surface area contributed by atoms with Gasteiger partial charge in [-0.25, -0.2) is 0 Å². The number of rotatable bonds is 6. The van der Waals surface area contributed by atoms with E-state index >= 15 is 0 Å². The van der Waals surface area contributed by atoms with Crippen molar-refractivity contribution < 1.29 is 4.79 Å². The van der Waals surface area contributed by atoms with Gasteiger partial charge in [-0.2, -0.15) is 0 Å². The van der Waals surface area contributed by atoms with E-state index in [4.69, 9.17) is 5.73 Å². The molecule has 1 rings (SSSR count). The number of carbonyl (C=O) groups excluding carboxylic acids is 1. The molecule has 0 aliphatic carbocycles. The molecule has 1 atom stereocenters. The fourth-order valence-electron chi connectivity index (χ4n) is 1.95. The number of anilines is 1. The van der Waals surface area contributed by atoms with Crippen molar-refractivity contribution in [2.75, 3.05) is 18.5 Å². The number of carbonyl (C=O) groups is 1. The first kappa shape index (κ1) is 14.7. The summed E-state index contributed by atoms with van der Waals surface area (Å²) in [7, 11) is 1.84. The fourth-order valence-corrected chi connectivity index (χ4v) is 1.95. The molecular formula is C15H24N2O. The molecule has 100 valence electrons. The molecular weight excluding hydrogens is 224 g/mol. The van der Waals surface area contributed by atoms with Gasteiger partial charge in [-0.1, -0.05) is 19.1 Å². The van der Waals surface area contributed by atoms with Crippen molar-refractivity contribution in [1.82, 2.24) is 0 Å². The topological polar surface area (TPSA) is 46.3 Å². The van der Waals surface area contributed by atoms with E-state index in [0.29, 0.717) is 18.9 Å². The number of aryl methyl sites for hydroxylation is 1. The van der Waals surface area contributed by atoms with E-state index in [1.54, 1.807) is 4.90 Å². The van der Waals surface area contributed by atoms with Crippen molar-refractivity contribution in [3.05, 3.63) is 29.8 Å². The molecule has 1 unspecified atom stereocenters. The molecule has 0 fully saturated rings. The second-order valence-corrected chi connectivity index (χ2v) is 5.01. The van der Waals surface area contributed by atoms with Crippen molar-refractivity contribution in [2.24, 2.45) is 11.7 Å². The number of nitrogens with zero attached hydrogens (tertiary/aromatic N) is 1. The van der Waals surface area contributed by atoms with Crippen LogP contribution >= 0.6 is 0 Å². The van der Waals surface area contributed by atoms with E-state index in [9.17, 15) is 4.79 Å². The Hall–Kier alpha value is -1.35. The lowest BCUT2D eigenvalue weighted by Gasteiger charge is -2.19. The van der Waals surface area contributed by atoms with Gasteiger partial charge in [0.05, 0.1) is 0 Å².